The number of nitrogens with zero attached hydrogens (tertiary/aromatic N) is 4. The van der Waals surface area contributed by atoms with Crippen LogP contribution in [0.2, 0.25) is 0 Å². The van der Waals surface area contributed by atoms with E-state index in [1.165, 1.54) is 0 Å². The van der Waals surface area contributed by atoms with E-state index < -0.39 is 5.92 Å². The average Bonchev–Trinajstić information content (AvgIpc) is 3.60. The Morgan fingerprint density at radius 1 is 0.581 bits per heavy atom. The monoisotopic (exact) mass is 568 g/mol. The van der Waals surface area contributed by atoms with E-state index in [0.717, 1.165) is 48.4 Å². The second kappa shape index (κ2) is 10.1. The Morgan fingerprint density at radius 3 is 1.42 bits per heavy atom. The van der Waals surface area contributed by atoms with E-state index in [4.69, 9.17) is 9.05 Å². The first-order valence-corrected chi connectivity index (χ1v) is 14.0. The summed E-state index contributed by atoms with van der Waals surface area (Å²) in [4.78, 5) is 0. The van der Waals surface area contributed by atoms with Crippen molar-refractivity contribution in [2.75, 3.05) is 0 Å². The van der Waals surface area contributed by atoms with Gasteiger partial charge < -0.3 is 19.5 Å². The van der Waals surface area contributed by atoms with Crippen molar-refractivity contribution in [2.24, 2.45) is 0 Å². The van der Waals surface area contributed by atoms with Crippen molar-refractivity contribution in [3.8, 4) is 22.3 Å². The molecule has 0 fully saturated rings. The molecule has 8 nitrogen and oxygen atoms in total. The van der Waals surface area contributed by atoms with Gasteiger partial charge in [-0.3, -0.25) is 0 Å². The molecule has 212 valence electrons. The third-order valence-electron chi connectivity index (χ3n) is 8.10. The van der Waals surface area contributed by atoms with E-state index >= 15 is 0 Å². The first-order chi connectivity index (χ1) is 20.8. The highest BCUT2D eigenvalue weighted by atomic mass is 16.5. The predicted molar refractivity (Wildman–Crippen MR) is 163 cm³/mol. The highest BCUT2D eigenvalue weighted by Gasteiger charge is 2.36. The van der Waals surface area contributed by atoms with Crippen LogP contribution in [-0.2, 0) is 0 Å². The van der Waals surface area contributed by atoms with Crippen LogP contribution in [0.4, 0.5) is 0 Å². The largest absolute Gasteiger partial charge is 0.618 e. The molecular weight excluding hydrogens is 540 g/mol. The lowest BCUT2D eigenvalue weighted by molar-refractivity contribution is -0.576. The van der Waals surface area contributed by atoms with E-state index in [1.54, 1.807) is 26.2 Å². The minimum atomic E-state index is -0.541. The second-order valence-electron chi connectivity index (χ2n) is 11.0. The topological polar surface area (TPSA) is 106 Å². The molecule has 4 aromatic heterocycles. The number of hydrogen-bond acceptors (Lipinski definition) is 6. The van der Waals surface area contributed by atoms with Crippen LogP contribution in [0.1, 0.15) is 45.1 Å². The SMILES string of the molecule is Cc1ccc(-c2c[n+]([O-])c3c(C)noc3c2C(c2ccccc2)c2c(-c3ccc(C)cc3)c[n+]([O-])c3c(C)noc23)cc1. The molecule has 0 atom stereocenters. The molecule has 43 heavy (non-hydrogen) atoms. The third kappa shape index (κ3) is 4.30. The highest BCUT2D eigenvalue weighted by molar-refractivity contribution is 5.90. The first-order valence-electron chi connectivity index (χ1n) is 14.0. The van der Waals surface area contributed by atoms with Gasteiger partial charge in [0.05, 0.1) is 11.1 Å². The number of benzene rings is 3. The molecule has 7 aromatic rings. The summed E-state index contributed by atoms with van der Waals surface area (Å²) in [5.41, 5.74) is 10.1. The van der Waals surface area contributed by atoms with Gasteiger partial charge in [0.2, 0.25) is 11.2 Å². The van der Waals surface area contributed by atoms with Gasteiger partial charge in [-0.05, 0) is 44.4 Å². The van der Waals surface area contributed by atoms with Gasteiger partial charge in [-0.15, -0.1) is 0 Å². The molecular formula is C35H28N4O4. The molecule has 7 rings (SSSR count). The lowest BCUT2D eigenvalue weighted by Crippen LogP contribution is -2.29. The van der Waals surface area contributed by atoms with E-state index in [2.05, 4.69) is 10.3 Å². The van der Waals surface area contributed by atoms with Crippen LogP contribution in [0.15, 0.2) is 100 Å². The smallest absolute Gasteiger partial charge is 0.287 e. The van der Waals surface area contributed by atoms with Crippen LogP contribution in [0.3, 0.4) is 0 Å². The fourth-order valence-electron chi connectivity index (χ4n) is 5.97. The fourth-order valence-corrected chi connectivity index (χ4v) is 5.97. The van der Waals surface area contributed by atoms with Crippen LogP contribution < -0.4 is 9.46 Å². The standard InChI is InChI=1S/C35H28N4O4/c1-20-10-14-24(15-11-20)27-18-38(40)32-22(3)36-42-34(32)30(27)29(26-8-6-5-7-9-26)31-28(25-16-12-21(2)13-17-25)19-39(41)33-23(4)37-43-35(31)33/h5-19,29H,1-4H3. The molecule has 0 spiro atoms. The Balaban J connectivity index is 1.68. The van der Waals surface area contributed by atoms with Crippen molar-refractivity contribution >= 4 is 22.2 Å². The van der Waals surface area contributed by atoms with Gasteiger partial charge in [-0.25, -0.2) is 0 Å². The second-order valence-corrected chi connectivity index (χ2v) is 11.0. The molecule has 3 aromatic carbocycles. The van der Waals surface area contributed by atoms with Gasteiger partial charge in [0, 0.05) is 17.0 Å². The number of aromatic nitrogens is 4. The molecule has 0 amide bonds. The van der Waals surface area contributed by atoms with Gasteiger partial charge in [0.25, 0.3) is 11.0 Å². The van der Waals surface area contributed by atoms with Gasteiger partial charge >= 0.3 is 0 Å². The minimum Gasteiger partial charge on any atom is -0.618 e. The molecule has 4 heterocycles. The Kier molecular flexibility index (Phi) is 6.20. The molecule has 0 saturated carbocycles. The number of hydrogen-bond donors (Lipinski definition) is 0. The van der Waals surface area contributed by atoms with Gasteiger partial charge in [-0.2, -0.15) is 9.46 Å². The average molecular weight is 569 g/mol. The number of pyridine rings is 2. The van der Waals surface area contributed by atoms with Crippen molar-refractivity contribution in [3.63, 3.8) is 0 Å². The summed E-state index contributed by atoms with van der Waals surface area (Å²) >= 11 is 0. The Hall–Kier alpha value is -5.50. The third-order valence-corrected chi connectivity index (χ3v) is 8.10. The van der Waals surface area contributed by atoms with E-state index in [9.17, 15) is 10.4 Å². The molecule has 0 aliphatic rings. The maximum atomic E-state index is 13.5. The zero-order valence-electron chi connectivity index (χ0n) is 24.2. The summed E-state index contributed by atoms with van der Waals surface area (Å²) < 4.78 is 13.6. The molecule has 0 aliphatic carbocycles. The van der Waals surface area contributed by atoms with Crippen LogP contribution >= 0.6 is 0 Å². The highest BCUT2D eigenvalue weighted by Crippen LogP contribution is 2.46. The summed E-state index contributed by atoms with van der Waals surface area (Å²) in [6, 6.07) is 26.0. The summed E-state index contributed by atoms with van der Waals surface area (Å²) in [7, 11) is 0. The number of aryl methyl sites for hydroxylation is 4. The molecule has 0 unspecified atom stereocenters. The van der Waals surface area contributed by atoms with Crippen molar-refractivity contribution in [3.05, 3.63) is 141 Å². The molecule has 8 heteroatoms. The van der Waals surface area contributed by atoms with Crippen LogP contribution in [0.5, 0.6) is 0 Å². The summed E-state index contributed by atoms with van der Waals surface area (Å²) in [6.45, 7) is 7.55. The lowest BCUT2D eigenvalue weighted by atomic mass is 9.78. The quantitative estimate of drug-likeness (QED) is 0.164. The van der Waals surface area contributed by atoms with E-state index in [-0.39, 0.29) is 0 Å². The van der Waals surface area contributed by atoms with Gasteiger partial charge in [0.15, 0.2) is 23.8 Å². The Bertz CT molecular complexity index is 2000. The fraction of sp³-hybridized carbons (Fsp3) is 0.143. The van der Waals surface area contributed by atoms with E-state index in [0.29, 0.717) is 44.7 Å². The maximum Gasteiger partial charge on any atom is 0.287 e. The van der Waals surface area contributed by atoms with Crippen molar-refractivity contribution < 1.29 is 18.5 Å². The Labute approximate surface area is 247 Å². The molecule has 0 bridgehead atoms. The Morgan fingerprint density at radius 2 is 1.00 bits per heavy atom. The summed E-state index contributed by atoms with van der Waals surface area (Å²) in [5.74, 6) is -0.541. The first kappa shape index (κ1) is 26.4. The number of fused-ring (bicyclic) bond motifs is 2. The minimum absolute atomic E-state index is 0.350. The molecule has 0 aliphatic heterocycles. The zero-order valence-corrected chi connectivity index (χ0v) is 24.2. The summed E-state index contributed by atoms with van der Waals surface area (Å²) in [6.07, 6.45) is 3.18. The van der Waals surface area contributed by atoms with Gasteiger partial charge in [-0.1, -0.05) is 100 Å². The predicted octanol–water partition coefficient (Wildman–Crippen LogP) is 6.98. The van der Waals surface area contributed by atoms with Crippen molar-refractivity contribution in [1.82, 2.24) is 10.3 Å². The van der Waals surface area contributed by atoms with E-state index in [1.807, 2.05) is 92.7 Å². The number of rotatable bonds is 5. The lowest BCUT2D eigenvalue weighted by Gasteiger charge is -2.23. The normalized spacial score (nSPS) is 11.7. The van der Waals surface area contributed by atoms with Crippen LogP contribution in [-0.4, -0.2) is 10.3 Å². The molecule has 0 saturated heterocycles. The van der Waals surface area contributed by atoms with Crippen LogP contribution in [0, 0.1) is 38.1 Å². The zero-order chi connectivity index (χ0) is 29.8. The molecule has 0 radical (unpaired) electrons. The molecule has 0 N–H and O–H groups in total. The van der Waals surface area contributed by atoms with Crippen molar-refractivity contribution in [1.29, 1.82) is 0 Å². The summed E-state index contributed by atoms with van der Waals surface area (Å²) in [5, 5.41) is 35.4. The maximum absolute atomic E-state index is 13.5. The van der Waals surface area contributed by atoms with Crippen LogP contribution in [0.25, 0.3) is 44.5 Å². The van der Waals surface area contributed by atoms with Crippen molar-refractivity contribution in [2.45, 2.75) is 33.6 Å². The van der Waals surface area contributed by atoms with Gasteiger partial charge in [0.1, 0.15) is 0 Å².